The van der Waals surface area contributed by atoms with Crippen LogP contribution in [0.2, 0.25) is 0 Å². The summed E-state index contributed by atoms with van der Waals surface area (Å²) >= 11 is 0. The molecule has 0 aromatic heterocycles. The normalized spacial score (nSPS) is 12.3. The standard InChI is InChI=1S/C15H23FN2O/c1-14(2,9-17)13(19)18-10-15(3,4)11-7-5-6-8-12(11)16/h5-8H,9-10,17H2,1-4H3,(H,18,19). The summed E-state index contributed by atoms with van der Waals surface area (Å²) < 4.78 is 13.8. The van der Waals surface area contributed by atoms with E-state index < -0.39 is 10.8 Å². The first-order chi connectivity index (χ1) is 8.70. The zero-order chi connectivity index (χ0) is 14.7. The number of halogens is 1. The first-order valence-electron chi connectivity index (χ1n) is 6.44. The molecule has 0 unspecified atom stereocenters. The third kappa shape index (κ3) is 3.77. The van der Waals surface area contributed by atoms with Crippen LogP contribution in [0.3, 0.4) is 0 Å². The molecule has 0 fully saturated rings. The summed E-state index contributed by atoms with van der Waals surface area (Å²) in [6, 6.07) is 6.63. The lowest BCUT2D eigenvalue weighted by Crippen LogP contribution is -2.46. The number of carbonyl (C=O) groups excluding carboxylic acids is 1. The van der Waals surface area contributed by atoms with Gasteiger partial charge in [-0.3, -0.25) is 4.79 Å². The van der Waals surface area contributed by atoms with E-state index in [0.29, 0.717) is 12.1 Å². The molecule has 3 nitrogen and oxygen atoms in total. The van der Waals surface area contributed by atoms with E-state index in [1.807, 2.05) is 13.8 Å². The highest BCUT2D eigenvalue weighted by molar-refractivity contribution is 5.82. The fourth-order valence-corrected chi connectivity index (χ4v) is 1.74. The van der Waals surface area contributed by atoms with Crippen LogP contribution in [0.5, 0.6) is 0 Å². The molecular formula is C15H23FN2O. The van der Waals surface area contributed by atoms with E-state index in [0.717, 1.165) is 0 Å². The molecule has 0 heterocycles. The number of carbonyl (C=O) groups is 1. The second-order valence-electron chi connectivity index (χ2n) is 6.13. The highest BCUT2D eigenvalue weighted by Crippen LogP contribution is 2.25. The molecule has 1 amide bonds. The molecule has 0 spiro atoms. The van der Waals surface area contributed by atoms with E-state index >= 15 is 0 Å². The number of amides is 1. The number of hydrogen-bond acceptors (Lipinski definition) is 2. The highest BCUT2D eigenvalue weighted by atomic mass is 19.1. The molecule has 0 aliphatic rings. The Morgan fingerprint density at radius 2 is 1.84 bits per heavy atom. The second-order valence-corrected chi connectivity index (χ2v) is 6.13. The summed E-state index contributed by atoms with van der Waals surface area (Å²) in [6.07, 6.45) is 0. The van der Waals surface area contributed by atoms with Crippen molar-refractivity contribution >= 4 is 5.91 Å². The number of nitrogens with one attached hydrogen (secondary N) is 1. The van der Waals surface area contributed by atoms with Gasteiger partial charge in [-0.2, -0.15) is 0 Å². The largest absolute Gasteiger partial charge is 0.355 e. The minimum absolute atomic E-state index is 0.112. The van der Waals surface area contributed by atoms with Crippen LogP contribution in [0.15, 0.2) is 24.3 Å². The van der Waals surface area contributed by atoms with Crippen LogP contribution in [0, 0.1) is 11.2 Å². The van der Waals surface area contributed by atoms with Crippen molar-refractivity contribution in [1.29, 1.82) is 0 Å². The quantitative estimate of drug-likeness (QED) is 0.858. The van der Waals surface area contributed by atoms with Crippen LogP contribution < -0.4 is 11.1 Å². The van der Waals surface area contributed by atoms with Gasteiger partial charge in [0, 0.05) is 18.5 Å². The number of rotatable bonds is 5. The molecule has 0 saturated heterocycles. The van der Waals surface area contributed by atoms with Crippen LogP contribution >= 0.6 is 0 Å². The molecule has 19 heavy (non-hydrogen) atoms. The van der Waals surface area contributed by atoms with Crippen LogP contribution in [0.1, 0.15) is 33.3 Å². The van der Waals surface area contributed by atoms with Gasteiger partial charge in [-0.05, 0) is 25.5 Å². The number of nitrogens with two attached hydrogens (primary N) is 1. The van der Waals surface area contributed by atoms with Crippen LogP contribution in [-0.2, 0) is 10.2 Å². The topological polar surface area (TPSA) is 55.1 Å². The predicted molar refractivity (Wildman–Crippen MR) is 75.3 cm³/mol. The Morgan fingerprint density at radius 3 is 2.37 bits per heavy atom. The lowest BCUT2D eigenvalue weighted by molar-refractivity contribution is -0.129. The molecule has 0 aliphatic carbocycles. The minimum atomic E-state index is -0.606. The summed E-state index contributed by atoms with van der Waals surface area (Å²) in [6.45, 7) is 8.04. The van der Waals surface area contributed by atoms with Crippen molar-refractivity contribution in [3.8, 4) is 0 Å². The molecule has 1 aromatic rings. The van der Waals surface area contributed by atoms with Crippen molar-refractivity contribution < 1.29 is 9.18 Å². The van der Waals surface area contributed by atoms with Crippen LogP contribution in [-0.4, -0.2) is 19.0 Å². The number of benzene rings is 1. The average molecular weight is 266 g/mol. The average Bonchev–Trinajstić information content (AvgIpc) is 2.36. The summed E-state index contributed by atoms with van der Waals surface area (Å²) in [5, 5.41) is 2.85. The summed E-state index contributed by atoms with van der Waals surface area (Å²) in [5.74, 6) is -0.362. The Morgan fingerprint density at radius 1 is 1.26 bits per heavy atom. The first-order valence-corrected chi connectivity index (χ1v) is 6.44. The Kier molecular flexibility index (Phi) is 4.69. The van der Waals surface area contributed by atoms with E-state index in [9.17, 15) is 9.18 Å². The van der Waals surface area contributed by atoms with E-state index in [4.69, 9.17) is 5.73 Å². The highest BCUT2D eigenvalue weighted by Gasteiger charge is 2.29. The van der Waals surface area contributed by atoms with Crippen molar-refractivity contribution in [2.24, 2.45) is 11.1 Å². The van der Waals surface area contributed by atoms with Crippen molar-refractivity contribution in [2.75, 3.05) is 13.1 Å². The van der Waals surface area contributed by atoms with Crippen molar-refractivity contribution in [3.63, 3.8) is 0 Å². The third-order valence-electron chi connectivity index (χ3n) is 3.42. The van der Waals surface area contributed by atoms with Gasteiger partial charge in [0.1, 0.15) is 5.82 Å². The van der Waals surface area contributed by atoms with Crippen molar-refractivity contribution in [1.82, 2.24) is 5.32 Å². The van der Waals surface area contributed by atoms with Gasteiger partial charge >= 0.3 is 0 Å². The van der Waals surface area contributed by atoms with Gasteiger partial charge in [-0.15, -0.1) is 0 Å². The van der Waals surface area contributed by atoms with Crippen molar-refractivity contribution in [3.05, 3.63) is 35.6 Å². The van der Waals surface area contributed by atoms with Crippen molar-refractivity contribution in [2.45, 2.75) is 33.1 Å². The summed E-state index contributed by atoms with van der Waals surface area (Å²) in [5.41, 5.74) is 5.09. The Bertz CT molecular complexity index is 455. The van der Waals surface area contributed by atoms with E-state index in [1.165, 1.54) is 6.07 Å². The second kappa shape index (κ2) is 5.70. The van der Waals surface area contributed by atoms with Gasteiger partial charge in [-0.1, -0.05) is 32.0 Å². The fraction of sp³-hybridized carbons (Fsp3) is 0.533. The third-order valence-corrected chi connectivity index (χ3v) is 3.42. The number of hydrogen-bond donors (Lipinski definition) is 2. The Balaban J connectivity index is 2.77. The molecule has 0 saturated carbocycles. The minimum Gasteiger partial charge on any atom is -0.355 e. The Hall–Kier alpha value is -1.42. The predicted octanol–water partition coefficient (Wildman–Crippen LogP) is 2.20. The molecule has 106 valence electrons. The smallest absolute Gasteiger partial charge is 0.226 e. The van der Waals surface area contributed by atoms with Gasteiger partial charge in [0.2, 0.25) is 5.91 Å². The lowest BCUT2D eigenvalue weighted by Gasteiger charge is -2.29. The van der Waals surface area contributed by atoms with Gasteiger partial charge in [0.25, 0.3) is 0 Å². The van der Waals surface area contributed by atoms with E-state index in [2.05, 4.69) is 5.32 Å². The molecule has 4 heteroatoms. The summed E-state index contributed by atoms with van der Waals surface area (Å²) in [4.78, 5) is 12.0. The molecule has 1 rings (SSSR count). The molecule has 0 aliphatic heterocycles. The Labute approximate surface area is 114 Å². The van der Waals surface area contributed by atoms with Gasteiger partial charge < -0.3 is 11.1 Å². The maximum atomic E-state index is 13.8. The summed E-state index contributed by atoms with van der Waals surface area (Å²) in [7, 11) is 0. The monoisotopic (exact) mass is 266 g/mol. The molecule has 0 bridgehead atoms. The zero-order valence-corrected chi connectivity index (χ0v) is 12.1. The molecule has 0 radical (unpaired) electrons. The maximum Gasteiger partial charge on any atom is 0.226 e. The fourth-order valence-electron chi connectivity index (χ4n) is 1.74. The van der Waals surface area contributed by atoms with Gasteiger partial charge in [0.15, 0.2) is 0 Å². The van der Waals surface area contributed by atoms with E-state index in [1.54, 1.807) is 32.0 Å². The van der Waals surface area contributed by atoms with E-state index in [-0.39, 0.29) is 18.3 Å². The molecule has 0 atom stereocenters. The molecule has 3 N–H and O–H groups in total. The zero-order valence-electron chi connectivity index (χ0n) is 12.1. The first kappa shape index (κ1) is 15.6. The molecular weight excluding hydrogens is 243 g/mol. The van der Waals surface area contributed by atoms with Crippen LogP contribution in [0.4, 0.5) is 4.39 Å². The lowest BCUT2D eigenvalue weighted by atomic mass is 9.83. The SMILES string of the molecule is CC(C)(CN)C(=O)NCC(C)(C)c1ccccc1F. The van der Waals surface area contributed by atoms with Gasteiger partial charge in [-0.25, -0.2) is 4.39 Å². The molecule has 1 aromatic carbocycles. The van der Waals surface area contributed by atoms with Gasteiger partial charge in [0.05, 0.1) is 5.41 Å². The van der Waals surface area contributed by atoms with Crippen LogP contribution in [0.25, 0.3) is 0 Å². The maximum absolute atomic E-state index is 13.8.